The molecule has 1 amide bonds. The maximum Gasteiger partial charge on any atom is 0.255 e. The van der Waals surface area contributed by atoms with Gasteiger partial charge in [0.1, 0.15) is 11.0 Å². The van der Waals surface area contributed by atoms with Crippen molar-refractivity contribution in [3.63, 3.8) is 0 Å². The van der Waals surface area contributed by atoms with E-state index < -0.39 is 0 Å². The number of aryl methyl sites for hydroxylation is 2. The second-order valence-corrected chi connectivity index (χ2v) is 5.49. The Kier molecular flexibility index (Phi) is 3.80. The van der Waals surface area contributed by atoms with E-state index in [4.69, 9.17) is 11.6 Å². The van der Waals surface area contributed by atoms with Crippen LogP contribution in [0.2, 0.25) is 5.15 Å². The number of aromatic nitrogens is 1. The van der Waals surface area contributed by atoms with Gasteiger partial charge in [0, 0.05) is 18.3 Å². The minimum atomic E-state index is -0.186. The van der Waals surface area contributed by atoms with Crippen molar-refractivity contribution in [2.45, 2.75) is 19.3 Å². The molecule has 108 valence electrons. The van der Waals surface area contributed by atoms with Crippen molar-refractivity contribution >= 4 is 29.0 Å². The Morgan fingerprint density at radius 2 is 2.00 bits per heavy atom. The van der Waals surface area contributed by atoms with Gasteiger partial charge in [0.25, 0.3) is 5.91 Å². The Morgan fingerprint density at radius 1 is 1.19 bits per heavy atom. The number of carbonyl (C=O) groups is 1. The Balaban J connectivity index is 1.81. The lowest BCUT2D eigenvalue weighted by atomic mass is 10.1. The van der Waals surface area contributed by atoms with Gasteiger partial charge in [-0.2, -0.15) is 0 Å². The minimum absolute atomic E-state index is 0.186. The van der Waals surface area contributed by atoms with Gasteiger partial charge >= 0.3 is 0 Å². The highest BCUT2D eigenvalue weighted by Crippen LogP contribution is 2.25. The van der Waals surface area contributed by atoms with E-state index in [2.05, 4.69) is 27.8 Å². The van der Waals surface area contributed by atoms with Crippen molar-refractivity contribution < 1.29 is 4.79 Å². The van der Waals surface area contributed by atoms with Crippen molar-refractivity contribution in [3.05, 3.63) is 52.2 Å². The number of anilines is 2. The van der Waals surface area contributed by atoms with Gasteiger partial charge in [0.05, 0.1) is 0 Å². The van der Waals surface area contributed by atoms with E-state index in [1.54, 1.807) is 19.2 Å². The average molecular weight is 302 g/mol. The van der Waals surface area contributed by atoms with Crippen LogP contribution in [0.4, 0.5) is 11.5 Å². The lowest BCUT2D eigenvalue weighted by Crippen LogP contribution is -2.13. The maximum absolute atomic E-state index is 12.3. The molecule has 0 bridgehead atoms. The van der Waals surface area contributed by atoms with Crippen LogP contribution in [0.5, 0.6) is 0 Å². The number of halogens is 1. The van der Waals surface area contributed by atoms with Crippen LogP contribution in [0.3, 0.4) is 0 Å². The summed E-state index contributed by atoms with van der Waals surface area (Å²) >= 11 is 5.92. The van der Waals surface area contributed by atoms with E-state index in [0.717, 1.165) is 18.5 Å². The second-order valence-electron chi connectivity index (χ2n) is 5.10. The molecule has 1 aromatic heterocycles. The monoisotopic (exact) mass is 301 g/mol. The van der Waals surface area contributed by atoms with Crippen LogP contribution in [0.15, 0.2) is 30.3 Å². The van der Waals surface area contributed by atoms with Crippen molar-refractivity contribution in [3.8, 4) is 0 Å². The first-order valence-corrected chi connectivity index (χ1v) is 7.32. The number of hydrogen-bond donors (Lipinski definition) is 2. The third kappa shape index (κ3) is 3.00. The Bertz CT molecular complexity index is 700. The molecule has 0 saturated heterocycles. The van der Waals surface area contributed by atoms with Gasteiger partial charge in [-0.05, 0) is 54.7 Å². The van der Waals surface area contributed by atoms with Crippen LogP contribution in [0.1, 0.15) is 27.9 Å². The molecule has 0 fully saturated rings. The quantitative estimate of drug-likeness (QED) is 0.853. The van der Waals surface area contributed by atoms with Gasteiger partial charge in [-0.3, -0.25) is 4.79 Å². The first-order chi connectivity index (χ1) is 10.2. The van der Waals surface area contributed by atoms with Crippen LogP contribution in [0, 0.1) is 0 Å². The van der Waals surface area contributed by atoms with E-state index >= 15 is 0 Å². The predicted molar refractivity (Wildman–Crippen MR) is 85.2 cm³/mol. The largest absolute Gasteiger partial charge is 0.373 e. The zero-order valence-corrected chi connectivity index (χ0v) is 12.5. The molecule has 0 unspecified atom stereocenters. The molecule has 2 aromatic rings. The number of nitrogens with zero attached hydrogens (tertiary/aromatic N) is 1. The molecule has 1 aliphatic carbocycles. The Hall–Kier alpha value is -2.07. The van der Waals surface area contributed by atoms with Gasteiger partial charge < -0.3 is 10.6 Å². The average Bonchev–Trinajstić information content (AvgIpc) is 2.94. The fourth-order valence-corrected chi connectivity index (χ4v) is 2.82. The zero-order valence-electron chi connectivity index (χ0n) is 11.7. The third-order valence-electron chi connectivity index (χ3n) is 3.67. The van der Waals surface area contributed by atoms with Crippen LogP contribution >= 0.6 is 11.6 Å². The van der Waals surface area contributed by atoms with E-state index in [9.17, 15) is 4.79 Å². The van der Waals surface area contributed by atoms with Crippen molar-refractivity contribution in [2.75, 3.05) is 17.7 Å². The molecule has 1 heterocycles. The van der Waals surface area contributed by atoms with Gasteiger partial charge in [-0.1, -0.05) is 17.7 Å². The molecule has 3 rings (SSSR count). The van der Waals surface area contributed by atoms with Crippen LogP contribution in [0.25, 0.3) is 0 Å². The summed E-state index contributed by atoms with van der Waals surface area (Å²) < 4.78 is 0. The van der Waals surface area contributed by atoms with Gasteiger partial charge in [0.15, 0.2) is 0 Å². The number of nitrogens with one attached hydrogen (secondary N) is 2. The van der Waals surface area contributed by atoms with E-state index in [1.165, 1.54) is 17.5 Å². The molecule has 2 N–H and O–H groups in total. The maximum atomic E-state index is 12.3. The van der Waals surface area contributed by atoms with Crippen molar-refractivity contribution in [1.82, 2.24) is 4.98 Å². The third-order valence-corrected chi connectivity index (χ3v) is 3.86. The van der Waals surface area contributed by atoms with E-state index in [-0.39, 0.29) is 5.91 Å². The molecule has 0 saturated carbocycles. The zero-order chi connectivity index (χ0) is 14.8. The normalized spacial score (nSPS) is 12.9. The molecule has 0 aliphatic heterocycles. The summed E-state index contributed by atoms with van der Waals surface area (Å²) in [6, 6.07) is 9.34. The number of amides is 1. The number of rotatable bonds is 3. The number of benzene rings is 1. The van der Waals surface area contributed by atoms with Crippen molar-refractivity contribution in [1.29, 1.82) is 0 Å². The summed E-state index contributed by atoms with van der Waals surface area (Å²) in [7, 11) is 1.74. The van der Waals surface area contributed by atoms with Crippen LogP contribution in [-0.2, 0) is 12.8 Å². The summed E-state index contributed by atoms with van der Waals surface area (Å²) in [4.78, 5) is 16.4. The standard InChI is InChI=1S/C16H16ClN3O/c1-18-15-9-12(8-14(17)20-15)16(21)19-13-6-5-10-3-2-4-11(10)7-13/h5-9H,2-4H2,1H3,(H,18,20)(H,19,21). The molecule has 4 nitrogen and oxygen atoms in total. The van der Waals surface area contributed by atoms with E-state index in [0.29, 0.717) is 16.5 Å². The van der Waals surface area contributed by atoms with Crippen LogP contribution in [-0.4, -0.2) is 17.9 Å². The number of carbonyl (C=O) groups excluding carboxylic acids is 1. The summed E-state index contributed by atoms with van der Waals surface area (Å²) in [6.45, 7) is 0. The Morgan fingerprint density at radius 3 is 2.81 bits per heavy atom. The first kappa shape index (κ1) is 13.9. The van der Waals surface area contributed by atoms with Crippen molar-refractivity contribution in [2.24, 2.45) is 0 Å². The lowest BCUT2D eigenvalue weighted by Gasteiger charge is -2.09. The van der Waals surface area contributed by atoms with Gasteiger partial charge in [-0.15, -0.1) is 0 Å². The molecule has 1 aromatic carbocycles. The molecular weight excluding hydrogens is 286 g/mol. The first-order valence-electron chi connectivity index (χ1n) is 6.94. The molecule has 0 spiro atoms. The highest BCUT2D eigenvalue weighted by molar-refractivity contribution is 6.30. The van der Waals surface area contributed by atoms with Gasteiger partial charge in [-0.25, -0.2) is 4.98 Å². The molecule has 21 heavy (non-hydrogen) atoms. The Labute approximate surface area is 128 Å². The summed E-state index contributed by atoms with van der Waals surface area (Å²) in [5.41, 5.74) is 4.02. The summed E-state index contributed by atoms with van der Waals surface area (Å²) in [5, 5.41) is 6.09. The molecule has 1 aliphatic rings. The SMILES string of the molecule is CNc1cc(C(=O)Nc2ccc3c(c2)CCC3)cc(Cl)n1. The van der Waals surface area contributed by atoms with Gasteiger partial charge in [0.2, 0.25) is 0 Å². The predicted octanol–water partition coefficient (Wildman–Crippen LogP) is 3.52. The molecule has 0 radical (unpaired) electrons. The van der Waals surface area contributed by atoms with Crippen LogP contribution < -0.4 is 10.6 Å². The molecular formula is C16H16ClN3O. The second kappa shape index (κ2) is 5.74. The minimum Gasteiger partial charge on any atom is -0.373 e. The highest BCUT2D eigenvalue weighted by Gasteiger charge is 2.13. The highest BCUT2D eigenvalue weighted by atomic mass is 35.5. The lowest BCUT2D eigenvalue weighted by molar-refractivity contribution is 0.102. The summed E-state index contributed by atoms with van der Waals surface area (Å²) in [5.74, 6) is 0.385. The smallest absolute Gasteiger partial charge is 0.255 e. The number of fused-ring (bicyclic) bond motifs is 1. The summed E-state index contributed by atoms with van der Waals surface area (Å²) in [6.07, 6.45) is 3.41. The molecule has 0 atom stereocenters. The topological polar surface area (TPSA) is 54.0 Å². The molecule has 5 heteroatoms. The number of pyridine rings is 1. The fourth-order valence-electron chi connectivity index (χ4n) is 2.61. The fraction of sp³-hybridized carbons (Fsp3) is 0.250. The van der Waals surface area contributed by atoms with E-state index in [1.807, 2.05) is 6.07 Å². The number of hydrogen-bond acceptors (Lipinski definition) is 3.